The molecule has 0 spiro atoms. The molecule has 25 heavy (non-hydrogen) atoms. The van der Waals surface area contributed by atoms with Crippen LogP contribution < -0.4 is 10.6 Å². The molecule has 1 fully saturated rings. The number of ether oxygens (including phenoxy) is 1. The van der Waals surface area contributed by atoms with Crippen LogP contribution in [0.15, 0.2) is 30.3 Å². The molecule has 1 unspecified atom stereocenters. The van der Waals surface area contributed by atoms with Crippen LogP contribution in [0.3, 0.4) is 0 Å². The minimum atomic E-state index is -0.993. The molecule has 2 rings (SSSR count). The molecule has 3 atom stereocenters. The number of carbonyl (C=O) groups excluding carboxylic acids is 2. The Morgan fingerprint density at radius 2 is 2.08 bits per heavy atom. The number of carbonyl (C=O) groups is 3. The van der Waals surface area contributed by atoms with Crippen molar-refractivity contribution in [3.8, 4) is 0 Å². The van der Waals surface area contributed by atoms with E-state index < -0.39 is 24.1 Å². The van der Waals surface area contributed by atoms with Gasteiger partial charge in [-0.15, -0.1) is 0 Å². The molecule has 0 bridgehead atoms. The molecular formula is C18H24N2O5. The van der Waals surface area contributed by atoms with Crippen molar-refractivity contribution < 1.29 is 24.2 Å². The monoisotopic (exact) mass is 348 g/mol. The maximum atomic E-state index is 12.4. The lowest BCUT2D eigenvalue weighted by molar-refractivity contribution is -0.146. The predicted molar refractivity (Wildman–Crippen MR) is 90.9 cm³/mol. The molecule has 0 aromatic heterocycles. The summed E-state index contributed by atoms with van der Waals surface area (Å²) in [6.07, 6.45) is 1.08. The molecule has 1 aromatic carbocycles. The summed E-state index contributed by atoms with van der Waals surface area (Å²) < 4.78 is 5.26. The van der Waals surface area contributed by atoms with Crippen molar-refractivity contribution in [3.05, 3.63) is 35.9 Å². The van der Waals surface area contributed by atoms with Gasteiger partial charge in [0.2, 0.25) is 5.91 Å². The SMILES string of the molecule is CCCOC(=O)C(Cc1ccccc1)N[C@H]1CC(=O)N[C@H]1CC(=O)O. The van der Waals surface area contributed by atoms with Crippen molar-refractivity contribution in [2.24, 2.45) is 0 Å². The van der Waals surface area contributed by atoms with Crippen molar-refractivity contribution in [1.82, 2.24) is 10.6 Å². The largest absolute Gasteiger partial charge is 0.481 e. The normalized spacial score (nSPS) is 20.8. The summed E-state index contributed by atoms with van der Waals surface area (Å²) in [5, 5.41) is 14.8. The van der Waals surface area contributed by atoms with E-state index in [0.717, 1.165) is 12.0 Å². The van der Waals surface area contributed by atoms with Gasteiger partial charge in [-0.2, -0.15) is 0 Å². The quantitative estimate of drug-likeness (QED) is 0.572. The number of carboxylic acids is 1. The van der Waals surface area contributed by atoms with Gasteiger partial charge in [-0.1, -0.05) is 37.3 Å². The Labute approximate surface area is 146 Å². The van der Waals surface area contributed by atoms with E-state index in [9.17, 15) is 14.4 Å². The summed E-state index contributed by atoms with van der Waals surface area (Å²) in [5.74, 6) is -1.60. The average molecular weight is 348 g/mol. The maximum Gasteiger partial charge on any atom is 0.323 e. The Morgan fingerprint density at radius 1 is 1.36 bits per heavy atom. The van der Waals surface area contributed by atoms with Gasteiger partial charge in [-0.05, 0) is 18.4 Å². The van der Waals surface area contributed by atoms with Crippen LogP contribution in [-0.2, 0) is 25.5 Å². The Hall–Kier alpha value is -2.41. The van der Waals surface area contributed by atoms with Crippen LogP contribution in [0.2, 0.25) is 0 Å². The lowest BCUT2D eigenvalue weighted by Crippen LogP contribution is -2.50. The summed E-state index contributed by atoms with van der Waals surface area (Å²) in [5.41, 5.74) is 0.959. The van der Waals surface area contributed by atoms with Crippen LogP contribution in [-0.4, -0.2) is 47.7 Å². The molecule has 1 amide bonds. The Bertz CT molecular complexity index is 605. The number of benzene rings is 1. The number of nitrogens with one attached hydrogen (secondary N) is 2. The highest BCUT2D eigenvalue weighted by Gasteiger charge is 2.36. The van der Waals surface area contributed by atoms with Crippen molar-refractivity contribution in [1.29, 1.82) is 0 Å². The standard InChI is InChI=1S/C18H24N2O5/c1-2-8-25-18(24)15(9-12-6-4-3-5-7-12)19-13-10-16(21)20-14(13)11-17(22)23/h3-7,13-15,19H,2,8-11H2,1H3,(H,20,21)(H,22,23)/t13-,14-,15?/m0/s1. The summed E-state index contributed by atoms with van der Waals surface area (Å²) >= 11 is 0. The first kappa shape index (κ1) is 18.9. The summed E-state index contributed by atoms with van der Waals surface area (Å²) in [6.45, 7) is 2.24. The number of amides is 1. The van der Waals surface area contributed by atoms with E-state index in [4.69, 9.17) is 9.84 Å². The number of rotatable bonds is 9. The van der Waals surface area contributed by atoms with E-state index in [-0.39, 0.29) is 24.7 Å². The van der Waals surface area contributed by atoms with Crippen molar-refractivity contribution in [2.45, 2.75) is 50.7 Å². The molecule has 0 aliphatic carbocycles. The fourth-order valence-electron chi connectivity index (χ4n) is 2.89. The molecule has 7 heteroatoms. The van der Waals surface area contributed by atoms with E-state index in [1.54, 1.807) is 0 Å². The molecule has 0 radical (unpaired) electrons. The molecule has 136 valence electrons. The van der Waals surface area contributed by atoms with Gasteiger partial charge in [-0.3, -0.25) is 19.7 Å². The molecule has 1 aliphatic heterocycles. The first-order chi connectivity index (χ1) is 12.0. The molecule has 1 saturated heterocycles. The highest BCUT2D eigenvalue weighted by atomic mass is 16.5. The molecule has 1 heterocycles. The number of esters is 1. The molecule has 1 aromatic rings. The van der Waals surface area contributed by atoms with Gasteiger partial charge < -0.3 is 15.2 Å². The second kappa shape index (κ2) is 9.17. The van der Waals surface area contributed by atoms with Crippen LogP contribution in [0.5, 0.6) is 0 Å². The minimum absolute atomic E-state index is 0.143. The summed E-state index contributed by atoms with van der Waals surface area (Å²) in [6, 6.07) is 7.89. The highest BCUT2D eigenvalue weighted by molar-refractivity contribution is 5.82. The van der Waals surface area contributed by atoms with E-state index in [1.807, 2.05) is 37.3 Å². The number of carboxylic acid groups (broad SMARTS) is 1. The van der Waals surface area contributed by atoms with Gasteiger partial charge >= 0.3 is 11.9 Å². The van der Waals surface area contributed by atoms with Gasteiger partial charge in [-0.25, -0.2) is 0 Å². The average Bonchev–Trinajstić information content (AvgIpc) is 2.91. The van der Waals surface area contributed by atoms with E-state index in [1.165, 1.54) is 0 Å². The summed E-state index contributed by atoms with van der Waals surface area (Å²) in [7, 11) is 0. The van der Waals surface area contributed by atoms with Crippen LogP contribution in [0.25, 0.3) is 0 Å². The number of hydrogen-bond acceptors (Lipinski definition) is 5. The maximum absolute atomic E-state index is 12.4. The topological polar surface area (TPSA) is 105 Å². The number of aliphatic carboxylic acids is 1. The van der Waals surface area contributed by atoms with Gasteiger partial charge in [0.25, 0.3) is 0 Å². The summed E-state index contributed by atoms with van der Waals surface area (Å²) in [4.78, 5) is 35.1. The smallest absolute Gasteiger partial charge is 0.323 e. The molecule has 7 nitrogen and oxygen atoms in total. The fraction of sp³-hybridized carbons (Fsp3) is 0.500. The first-order valence-electron chi connectivity index (χ1n) is 8.47. The van der Waals surface area contributed by atoms with Gasteiger partial charge in [0.15, 0.2) is 0 Å². The second-order valence-corrected chi connectivity index (χ2v) is 6.16. The first-order valence-corrected chi connectivity index (χ1v) is 8.47. The second-order valence-electron chi connectivity index (χ2n) is 6.16. The van der Waals surface area contributed by atoms with Crippen molar-refractivity contribution in [2.75, 3.05) is 6.61 Å². The Morgan fingerprint density at radius 3 is 2.72 bits per heavy atom. The zero-order valence-corrected chi connectivity index (χ0v) is 14.2. The van der Waals surface area contributed by atoms with Crippen molar-refractivity contribution >= 4 is 17.8 Å². The molecule has 1 aliphatic rings. The van der Waals surface area contributed by atoms with Crippen LogP contribution in [0, 0.1) is 0 Å². The molecular weight excluding hydrogens is 324 g/mol. The lowest BCUT2D eigenvalue weighted by atomic mass is 10.0. The van der Waals surface area contributed by atoms with E-state index >= 15 is 0 Å². The molecule has 3 N–H and O–H groups in total. The Balaban J connectivity index is 2.09. The van der Waals surface area contributed by atoms with E-state index in [0.29, 0.717) is 13.0 Å². The van der Waals surface area contributed by atoms with Crippen LogP contribution >= 0.6 is 0 Å². The third-order valence-electron chi connectivity index (χ3n) is 4.06. The lowest BCUT2D eigenvalue weighted by Gasteiger charge is -2.24. The third-order valence-corrected chi connectivity index (χ3v) is 4.06. The van der Waals surface area contributed by atoms with Gasteiger partial charge in [0, 0.05) is 12.5 Å². The van der Waals surface area contributed by atoms with Gasteiger partial charge in [0.1, 0.15) is 6.04 Å². The predicted octanol–water partition coefficient (Wildman–Crippen LogP) is 0.872. The Kier molecular flexibility index (Phi) is 6.94. The minimum Gasteiger partial charge on any atom is -0.481 e. The third kappa shape index (κ3) is 5.86. The zero-order chi connectivity index (χ0) is 18.2. The van der Waals surface area contributed by atoms with Crippen LogP contribution in [0.1, 0.15) is 31.7 Å². The van der Waals surface area contributed by atoms with Crippen molar-refractivity contribution in [3.63, 3.8) is 0 Å². The fourth-order valence-corrected chi connectivity index (χ4v) is 2.89. The number of hydrogen-bond donors (Lipinski definition) is 3. The molecule has 0 saturated carbocycles. The van der Waals surface area contributed by atoms with Gasteiger partial charge in [0.05, 0.1) is 19.1 Å². The highest BCUT2D eigenvalue weighted by Crippen LogP contribution is 2.15. The zero-order valence-electron chi connectivity index (χ0n) is 14.2. The van der Waals surface area contributed by atoms with Crippen LogP contribution in [0.4, 0.5) is 0 Å². The van der Waals surface area contributed by atoms with E-state index in [2.05, 4.69) is 10.6 Å².